The molecule has 0 spiro atoms. The van der Waals surface area contributed by atoms with Gasteiger partial charge in [0.15, 0.2) is 0 Å². The Morgan fingerprint density at radius 3 is 2.94 bits per heavy atom. The summed E-state index contributed by atoms with van der Waals surface area (Å²) < 4.78 is 5.53. The first-order chi connectivity index (χ1) is 7.72. The van der Waals surface area contributed by atoms with E-state index in [-0.39, 0.29) is 0 Å². The van der Waals surface area contributed by atoms with Crippen molar-refractivity contribution in [3.05, 3.63) is 29.3 Å². The summed E-state index contributed by atoms with van der Waals surface area (Å²) in [7, 11) is 1.97. The van der Waals surface area contributed by atoms with E-state index in [1.165, 1.54) is 0 Å². The fourth-order valence-corrected chi connectivity index (χ4v) is 1.41. The highest BCUT2D eigenvalue weighted by atomic mass is 35.5. The van der Waals surface area contributed by atoms with E-state index in [9.17, 15) is 0 Å². The smallest absolute Gasteiger partial charge is 0.120 e. The summed E-state index contributed by atoms with van der Waals surface area (Å²) in [4.78, 5) is 2.06. The average Bonchev–Trinajstić information content (AvgIpc) is 2.26. The molecule has 0 aliphatic rings. The summed E-state index contributed by atoms with van der Waals surface area (Å²) in [5.41, 5.74) is 0. The van der Waals surface area contributed by atoms with E-state index in [2.05, 4.69) is 11.0 Å². The van der Waals surface area contributed by atoms with Gasteiger partial charge >= 0.3 is 0 Å². The van der Waals surface area contributed by atoms with Crippen molar-refractivity contribution in [2.75, 3.05) is 26.7 Å². The lowest BCUT2D eigenvalue weighted by atomic mass is 10.3. The molecule has 4 heteroatoms. The van der Waals surface area contributed by atoms with Crippen LogP contribution in [0.4, 0.5) is 0 Å². The summed E-state index contributed by atoms with van der Waals surface area (Å²) in [6.45, 7) is 2.17. The Labute approximate surface area is 101 Å². The van der Waals surface area contributed by atoms with Crippen LogP contribution >= 0.6 is 11.6 Å². The Bertz CT molecular complexity index is 362. The van der Waals surface area contributed by atoms with Crippen LogP contribution in [0.2, 0.25) is 5.02 Å². The number of nitriles is 1. The van der Waals surface area contributed by atoms with Crippen LogP contribution in [-0.4, -0.2) is 31.6 Å². The molecule has 0 unspecified atom stereocenters. The lowest BCUT2D eigenvalue weighted by Crippen LogP contribution is -2.25. The van der Waals surface area contributed by atoms with Gasteiger partial charge in [0.2, 0.25) is 0 Å². The van der Waals surface area contributed by atoms with E-state index in [1.807, 2.05) is 25.2 Å². The van der Waals surface area contributed by atoms with E-state index < -0.39 is 0 Å². The van der Waals surface area contributed by atoms with Crippen LogP contribution in [0.3, 0.4) is 0 Å². The molecule has 3 nitrogen and oxygen atoms in total. The molecule has 0 saturated heterocycles. The Kier molecular flexibility index (Phi) is 5.69. The van der Waals surface area contributed by atoms with Gasteiger partial charge in [-0.1, -0.05) is 17.7 Å². The number of likely N-dealkylation sites (N-methyl/N-ethyl adjacent to an activating group) is 1. The van der Waals surface area contributed by atoms with Crippen LogP contribution in [0.25, 0.3) is 0 Å². The predicted octanol–water partition coefficient (Wildman–Crippen LogP) is 2.56. The standard InChI is InChI=1S/C12H15ClN2O/c1-15(7-3-6-14)8-9-16-12-5-2-4-11(13)10-12/h2,4-5,10H,3,7-9H2,1H3. The van der Waals surface area contributed by atoms with Crippen molar-refractivity contribution in [1.29, 1.82) is 5.26 Å². The van der Waals surface area contributed by atoms with Crippen LogP contribution in [0.15, 0.2) is 24.3 Å². The number of halogens is 1. The molecule has 0 bridgehead atoms. The molecule has 1 aromatic carbocycles. The molecule has 0 amide bonds. The topological polar surface area (TPSA) is 36.3 Å². The molecule has 0 heterocycles. The van der Waals surface area contributed by atoms with Crippen molar-refractivity contribution in [2.24, 2.45) is 0 Å². The normalized spacial score (nSPS) is 10.1. The van der Waals surface area contributed by atoms with Crippen LogP contribution in [0.5, 0.6) is 5.75 Å². The molecular formula is C12H15ClN2O. The molecule has 0 atom stereocenters. The fraction of sp³-hybridized carbons (Fsp3) is 0.417. The molecule has 0 N–H and O–H groups in total. The largest absolute Gasteiger partial charge is 0.492 e. The molecule has 0 fully saturated rings. The Morgan fingerprint density at radius 1 is 1.44 bits per heavy atom. The number of ether oxygens (including phenoxy) is 1. The summed E-state index contributed by atoms with van der Waals surface area (Å²) >= 11 is 5.83. The highest BCUT2D eigenvalue weighted by Gasteiger charge is 1.99. The molecule has 1 rings (SSSR count). The number of hydrogen-bond donors (Lipinski definition) is 0. The quantitative estimate of drug-likeness (QED) is 0.764. The molecule has 16 heavy (non-hydrogen) atoms. The molecule has 0 aliphatic heterocycles. The second-order valence-electron chi connectivity index (χ2n) is 3.52. The zero-order chi connectivity index (χ0) is 11.8. The Hall–Kier alpha value is -1.24. The lowest BCUT2D eigenvalue weighted by molar-refractivity contribution is 0.240. The second-order valence-corrected chi connectivity index (χ2v) is 3.95. The van der Waals surface area contributed by atoms with E-state index in [0.717, 1.165) is 18.8 Å². The molecule has 0 radical (unpaired) electrons. The lowest BCUT2D eigenvalue weighted by Gasteiger charge is -2.15. The number of benzene rings is 1. The minimum Gasteiger partial charge on any atom is -0.492 e. The predicted molar refractivity (Wildman–Crippen MR) is 64.7 cm³/mol. The van der Waals surface area contributed by atoms with Crippen molar-refractivity contribution in [3.63, 3.8) is 0 Å². The summed E-state index contributed by atoms with van der Waals surface area (Å²) in [5.74, 6) is 0.779. The third-order valence-electron chi connectivity index (χ3n) is 2.14. The van der Waals surface area contributed by atoms with Gasteiger partial charge in [-0.2, -0.15) is 5.26 Å². The molecular weight excluding hydrogens is 224 g/mol. The minimum atomic E-state index is 0.549. The van der Waals surface area contributed by atoms with Crippen LogP contribution < -0.4 is 4.74 Å². The highest BCUT2D eigenvalue weighted by molar-refractivity contribution is 6.30. The zero-order valence-electron chi connectivity index (χ0n) is 9.32. The third-order valence-corrected chi connectivity index (χ3v) is 2.38. The van der Waals surface area contributed by atoms with Gasteiger partial charge in [-0.15, -0.1) is 0 Å². The van der Waals surface area contributed by atoms with Gasteiger partial charge in [-0.05, 0) is 25.2 Å². The van der Waals surface area contributed by atoms with Crippen molar-refractivity contribution >= 4 is 11.6 Å². The summed E-state index contributed by atoms with van der Waals surface area (Å²) in [6, 6.07) is 9.45. The maximum absolute atomic E-state index is 8.43. The maximum atomic E-state index is 8.43. The van der Waals surface area contributed by atoms with Gasteiger partial charge in [0.05, 0.1) is 6.07 Å². The number of rotatable bonds is 6. The maximum Gasteiger partial charge on any atom is 0.120 e. The van der Waals surface area contributed by atoms with Crippen molar-refractivity contribution in [2.45, 2.75) is 6.42 Å². The van der Waals surface area contributed by atoms with E-state index >= 15 is 0 Å². The van der Waals surface area contributed by atoms with Gasteiger partial charge in [-0.3, -0.25) is 0 Å². The third kappa shape index (κ3) is 5.01. The van der Waals surface area contributed by atoms with Gasteiger partial charge in [0.1, 0.15) is 12.4 Å². The summed E-state index contributed by atoms with van der Waals surface area (Å²) in [5, 5.41) is 9.10. The van der Waals surface area contributed by atoms with E-state index in [4.69, 9.17) is 21.6 Å². The SMILES string of the molecule is CN(CCC#N)CCOc1cccc(Cl)c1. The van der Waals surface area contributed by atoms with E-state index in [0.29, 0.717) is 18.1 Å². The van der Waals surface area contributed by atoms with Gasteiger partial charge in [-0.25, -0.2) is 0 Å². The van der Waals surface area contributed by atoms with Gasteiger partial charge < -0.3 is 9.64 Å². The monoisotopic (exact) mass is 238 g/mol. The molecule has 0 saturated carbocycles. The van der Waals surface area contributed by atoms with Crippen LogP contribution in [0, 0.1) is 11.3 Å². The van der Waals surface area contributed by atoms with Crippen molar-refractivity contribution in [3.8, 4) is 11.8 Å². The van der Waals surface area contributed by atoms with Crippen LogP contribution in [-0.2, 0) is 0 Å². The highest BCUT2D eigenvalue weighted by Crippen LogP contribution is 2.16. The van der Waals surface area contributed by atoms with Crippen molar-refractivity contribution < 1.29 is 4.74 Å². The Balaban J connectivity index is 2.23. The zero-order valence-corrected chi connectivity index (χ0v) is 10.1. The summed E-state index contributed by atoms with van der Waals surface area (Å²) in [6.07, 6.45) is 0.549. The van der Waals surface area contributed by atoms with Crippen molar-refractivity contribution in [1.82, 2.24) is 4.90 Å². The first kappa shape index (κ1) is 12.8. The second kappa shape index (κ2) is 7.10. The molecule has 0 aliphatic carbocycles. The van der Waals surface area contributed by atoms with E-state index in [1.54, 1.807) is 6.07 Å². The van der Waals surface area contributed by atoms with Gasteiger partial charge in [0.25, 0.3) is 0 Å². The Morgan fingerprint density at radius 2 is 2.25 bits per heavy atom. The minimum absolute atomic E-state index is 0.549. The fourth-order valence-electron chi connectivity index (χ4n) is 1.23. The molecule has 0 aromatic heterocycles. The average molecular weight is 239 g/mol. The molecule has 1 aromatic rings. The number of hydrogen-bond acceptors (Lipinski definition) is 3. The molecule has 86 valence electrons. The number of nitrogens with zero attached hydrogens (tertiary/aromatic N) is 2. The first-order valence-corrected chi connectivity index (χ1v) is 5.54. The van der Waals surface area contributed by atoms with Crippen LogP contribution in [0.1, 0.15) is 6.42 Å². The first-order valence-electron chi connectivity index (χ1n) is 5.16. The van der Waals surface area contributed by atoms with Gasteiger partial charge in [0, 0.05) is 24.5 Å².